The summed E-state index contributed by atoms with van der Waals surface area (Å²) < 4.78 is 0. The fourth-order valence-electron chi connectivity index (χ4n) is 3.42. The molecule has 0 saturated carbocycles. The summed E-state index contributed by atoms with van der Waals surface area (Å²) in [6.45, 7) is 1.08. The Morgan fingerprint density at radius 2 is 0.767 bits per heavy atom. The van der Waals surface area contributed by atoms with E-state index in [9.17, 15) is 19.2 Å². The zero-order chi connectivity index (χ0) is 22.1. The first-order chi connectivity index (χ1) is 14.8. The van der Waals surface area contributed by atoms with Crippen molar-refractivity contribution in [3.63, 3.8) is 0 Å². The molecule has 166 valence electrons. The van der Waals surface area contributed by atoms with E-state index in [0.29, 0.717) is 25.9 Å². The van der Waals surface area contributed by atoms with Gasteiger partial charge in [0.1, 0.15) is 0 Å². The number of rotatable bonds is 21. The van der Waals surface area contributed by atoms with E-state index in [1.807, 2.05) is 0 Å². The standard InChI is InChI=1S/C22H34N4O4/c27-17-23-15-11-7-3-1-2-5-9-13-21(25-19-29)22(26-20-30)14-10-6-4-8-12-16-24-18-28/h21-22H,1-16H2. The maximum absolute atomic E-state index is 10.8. The number of isocyanates is 4. The summed E-state index contributed by atoms with van der Waals surface area (Å²) in [5, 5.41) is 0. The topological polar surface area (TPSA) is 118 Å². The van der Waals surface area contributed by atoms with Crippen LogP contribution in [0, 0.1) is 0 Å². The first-order valence-corrected chi connectivity index (χ1v) is 11.0. The van der Waals surface area contributed by atoms with Crippen LogP contribution in [0.2, 0.25) is 0 Å². The van der Waals surface area contributed by atoms with Crippen LogP contribution in [0.4, 0.5) is 0 Å². The molecule has 8 nitrogen and oxygen atoms in total. The van der Waals surface area contributed by atoms with Crippen molar-refractivity contribution >= 4 is 24.3 Å². The number of hydrogen-bond acceptors (Lipinski definition) is 8. The normalized spacial score (nSPS) is 11.9. The minimum Gasteiger partial charge on any atom is -0.211 e. The van der Waals surface area contributed by atoms with Gasteiger partial charge in [-0.15, -0.1) is 0 Å². The molecule has 0 saturated heterocycles. The van der Waals surface area contributed by atoms with Gasteiger partial charge in [0.05, 0.1) is 25.2 Å². The van der Waals surface area contributed by atoms with Crippen molar-refractivity contribution in [3.05, 3.63) is 0 Å². The van der Waals surface area contributed by atoms with E-state index in [4.69, 9.17) is 0 Å². The third kappa shape index (κ3) is 17.6. The van der Waals surface area contributed by atoms with Gasteiger partial charge in [0.25, 0.3) is 0 Å². The largest absolute Gasteiger partial charge is 0.235 e. The van der Waals surface area contributed by atoms with Crippen LogP contribution in [-0.2, 0) is 19.2 Å². The molecule has 0 aliphatic heterocycles. The molecule has 0 heterocycles. The molecular weight excluding hydrogens is 384 g/mol. The molecule has 0 aliphatic rings. The van der Waals surface area contributed by atoms with Crippen LogP contribution in [0.1, 0.15) is 89.9 Å². The number of unbranched alkanes of at least 4 members (excludes halogenated alkanes) is 10. The molecule has 0 aromatic heterocycles. The Hall–Kier alpha value is -2.48. The Labute approximate surface area is 179 Å². The minimum atomic E-state index is -0.318. The van der Waals surface area contributed by atoms with Gasteiger partial charge in [-0.2, -0.15) is 0 Å². The summed E-state index contributed by atoms with van der Waals surface area (Å²) >= 11 is 0. The summed E-state index contributed by atoms with van der Waals surface area (Å²) in [5.74, 6) is 0. The number of aliphatic imine (C=N–C) groups is 4. The molecule has 0 aromatic rings. The second-order valence-corrected chi connectivity index (χ2v) is 7.34. The minimum absolute atomic E-state index is 0.313. The van der Waals surface area contributed by atoms with Gasteiger partial charge in [-0.1, -0.05) is 64.2 Å². The molecule has 0 rings (SSSR count). The average Bonchev–Trinajstić information content (AvgIpc) is 2.75. The fourth-order valence-corrected chi connectivity index (χ4v) is 3.42. The summed E-state index contributed by atoms with van der Waals surface area (Å²) in [7, 11) is 0. The highest BCUT2D eigenvalue weighted by Crippen LogP contribution is 2.19. The highest BCUT2D eigenvalue weighted by Gasteiger charge is 2.20. The van der Waals surface area contributed by atoms with E-state index in [1.54, 1.807) is 18.2 Å². The van der Waals surface area contributed by atoms with Crippen molar-refractivity contribution in [2.75, 3.05) is 13.1 Å². The van der Waals surface area contributed by atoms with Crippen molar-refractivity contribution < 1.29 is 19.2 Å². The van der Waals surface area contributed by atoms with Crippen LogP contribution in [0.3, 0.4) is 0 Å². The van der Waals surface area contributed by atoms with E-state index >= 15 is 0 Å². The predicted octanol–water partition coefficient (Wildman–Crippen LogP) is 4.53. The van der Waals surface area contributed by atoms with Crippen molar-refractivity contribution in [1.82, 2.24) is 0 Å². The molecule has 0 N–H and O–H groups in total. The van der Waals surface area contributed by atoms with Crippen LogP contribution in [-0.4, -0.2) is 49.5 Å². The van der Waals surface area contributed by atoms with Gasteiger partial charge in [0.2, 0.25) is 24.3 Å². The lowest BCUT2D eigenvalue weighted by Crippen LogP contribution is -2.23. The van der Waals surface area contributed by atoms with E-state index in [-0.39, 0.29) is 12.1 Å². The van der Waals surface area contributed by atoms with Crippen molar-refractivity contribution in [1.29, 1.82) is 0 Å². The molecule has 0 spiro atoms. The highest BCUT2D eigenvalue weighted by atomic mass is 16.1. The predicted molar refractivity (Wildman–Crippen MR) is 114 cm³/mol. The van der Waals surface area contributed by atoms with E-state index in [2.05, 4.69) is 20.0 Å². The van der Waals surface area contributed by atoms with E-state index in [0.717, 1.165) is 77.0 Å². The smallest absolute Gasteiger partial charge is 0.211 e. The second-order valence-electron chi connectivity index (χ2n) is 7.34. The van der Waals surface area contributed by atoms with Gasteiger partial charge < -0.3 is 0 Å². The first kappa shape index (κ1) is 27.5. The van der Waals surface area contributed by atoms with Crippen LogP contribution in [0.25, 0.3) is 0 Å². The van der Waals surface area contributed by atoms with Gasteiger partial charge >= 0.3 is 0 Å². The average molecular weight is 419 g/mol. The van der Waals surface area contributed by atoms with Crippen molar-refractivity contribution in [2.45, 2.75) is 102 Å². The number of carbonyl (C=O) groups excluding carboxylic acids is 4. The molecule has 2 atom stereocenters. The molecule has 30 heavy (non-hydrogen) atoms. The third-order valence-electron chi connectivity index (χ3n) is 5.05. The first-order valence-electron chi connectivity index (χ1n) is 11.0. The molecule has 0 amide bonds. The molecular formula is C22H34N4O4. The zero-order valence-electron chi connectivity index (χ0n) is 17.9. The molecule has 0 aromatic carbocycles. The summed E-state index contributed by atoms with van der Waals surface area (Å²) in [4.78, 5) is 56.4. The zero-order valence-corrected chi connectivity index (χ0v) is 17.9. The van der Waals surface area contributed by atoms with Crippen molar-refractivity contribution in [2.24, 2.45) is 20.0 Å². The molecule has 0 aliphatic carbocycles. The number of hydrogen-bond donors (Lipinski definition) is 0. The SMILES string of the molecule is O=C=NCCCCCCCCCC(N=C=O)C(CCCCCCCN=C=O)N=C=O. The van der Waals surface area contributed by atoms with Gasteiger partial charge in [0.15, 0.2) is 0 Å². The molecule has 0 radical (unpaired) electrons. The summed E-state index contributed by atoms with van der Waals surface area (Å²) in [6, 6.07) is -0.630. The van der Waals surface area contributed by atoms with Crippen molar-refractivity contribution in [3.8, 4) is 0 Å². The fraction of sp³-hybridized carbons (Fsp3) is 0.818. The Morgan fingerprint density at radius 3 is 1.10 bits per heavy atom. The lowest BCUT2D eigenvalue weighted by atomic mass is 9.96. The highest BCUT2D eigenvalue weighted by molar-refractivity contribution is 5.36. The maximum Gasteiger partial charge on any atom is 0.235 e. The molecule has 2 unspecified atom stereocenters. The Balaban J connectivity index is 4.08. The van der Waals surface area contributed by atoms with E-state index in [1.165, 1.54) is 6.08 Å². The third-order valence-corrected chi connectivity index (χ3v) is 5.05. The van der Waals surface area contributed by atoms with Gasteiger partial charge in [-0.25, -0.2) is 39.1 Å². The lowest BCUT2D eigenvalue weighted by molar-refractivity contribution is 0.427. The van der Waals surface area contributed by atoms with Crippen LogP contribution >= 0.6 is 0 Å². The monoisotopic (exact) mass is 418 g/mol. The Kier molecular flexibility index (Phi) is 20.9. The van der Waals surface area contributed by atoms with Gasteiger partial charge in [-0.3, -0.25) is 0 Å². The summed E-state index contributed by atoms with van der Waals surface area (Å²) in [5.41, 5.74) is 0. The van der Waals surface area contributed by atoms with Gasteiger partial charge in [-0.05, 0) is 25.7 Å². The van der Waals surface area contributed by atoms with Crippen LogP contribution in [0.5, 0.6) is 0 Å². The molecule has 8 heteroatoms. The maximum atomic E-state index is 10.8. The number of nitrogens with zero attached hydrogens (tertiary/aromatic N) is 4. The van der Waals surface area contributed by atoms with Gasteiger partial charge in [0, 0.05) is 0 Å². The van der Waals surface area contributed by atoms with Crippen LogP contribution < -0.4 is 0 Å². The lowest BCUT2D eigenvalue weighted by Gasteiger charge is -2.18. The quantitative estimate of drug-likeness (QED) is 0.155. The Bertz CT molecular complexity index is 615. The second kappa shape index (κ2) is 22.8. The van der Waals surface area contributed by atoms with E-state index < -0.39 is 0 Å². The Morgan fingerprint density at radius 1 is 0.433 bits per heavy atom. The molecule has 0 fully saturated rings. The molecule has 0 bridgehead atoms. The summed E-state index contributed by atoms with van der Waals surface area (Å²) in [6.07, 6.45) is 19.8. The van der Waals surface area contributed by atoms with Crippen LogP contribution in [0.15, 0.2) is 20.0 Å².